The molecule has 1 saturated heterocycles. The van der Waals surface area contributed by atoms with Crippen LogP contribution in [0.2, 0.25) is 0 Å². The van der Waals surface area contributed by atoms with Gasteiger partial charge < -0.3 is 5.32 Å². The van der Waals surface area contributed by atoms with E-state index in [1.807, 2.05) is 12.2 Å². The van der Waals surface area contributed by atoms with E-state index in [-0.39, 0.29) is 48.3 Å². The molecule has 1 aromatic carbocycles. The first-order chi connectivity index (χ1) is 12.1. The Bertz CT molecular complexity index is 673. The summed E-state index contributed by atoms with van der Waals surface area (Å²) in [6, 6.07) is 6.13. The van der Waals surface area contributed by atoms with Crippen LogP contribution in [0.3, 0.4) is 0 Å². The minimum atomic E-state index is -0.288. The van der Waals surface area contributed by atoms with E-state index in [0.29, 0.717) is 25.8 Å². The molecular weight excluding hydrogens is 323 g/mol. The first-order valence-electron chi connectivity index (χ1n) is 8.57. The van der Waals surface area contributed by atoms with Gasteiger partial charge in [0.2, 0.25) is 17.7 Å². The summed E-state index contributed by atoms with van der Waals surface area (Å²) in [5, 5.41) is 2.77. The minimum absolute atomic E-state index is 0.105. The molecule has 2 atom stereocenters. The van der Waals surface area contributed by atoms with Gasteiger partial charge in [-0.1, -0.05) is 24.3 Å². The van der Waals surface area contributed by atoms with Crippen molar-refractivity contribution in [2.24, 2.45) is 11.8 Å². The van der Waals surface area contributed by atoms with Crippen molar-refractivity contribution in [1.82, 2.24) is 10.2 Å². The Kier molecular flexibility index (Phi) is 5.26. The van der Waals surface area contributed by atoms with Gasteiger partial charge in [0.05, 0.1) is 11.8 Å². The predicted octanol–water partition coefficient (Wildman–Crippen LogP) is 1.83. The van der Waals surface area contributed by atoms with E-state index in [1.54, 1.807) is 12.1 Å². The summed E-state index contributed by atoms with van der Waals surface area (Å²) < 4.78 is 12.8. The molecule has 25 heavy (non-hydrogen) atoms. The van der Waals surface area contributed by atoms with Crippen molar-refractivity contribution >= 4 is 17.7 Å². The van der Waals surface area contributed by atoms with Crippen molar-refractivity contribution in [2.75, 3.05) is 13.1 Å². The number of likely N-dealkylation sites (tertiary alicyclic amines) is 1. The van der Waals surface area contributed by atoms with E-state index in [4.69, 9.17) is 0 Å². The number of hydrogen-bond donors (Lipinski definition) is 1. The zero-order valence-electron chi connectivity index (χ0n) is 13.9. The summed E-state index contributed by atoms with van der Waals surface area (Å²) in [5.74, 6) is -1.30. The van der Waals surface area contributed by atoms with Gasteiger partial charge in [-0.05, 0) is 37.0 Å². The first-order valence-corrected chi connectivity index (χ1v) is 8.57. The van der Waals surface area contributed by atoms with Crippen LogP contribution in [0.1, 0.15) is 24.8 Å². The van der Waals surface area contributed by atoms with Gasteiger partial charge in [-0.15, -0.1) is 0 Å². The molecule has 132 valence electrons. The monoisotopic (exact) mass is 344 g/mol. The third-order valence-electron chi connectivity index (χ3n) is 4.81. The number of fused-ring (bicyclic) bond motifs is 1. The minimum Gasteiger partial charge on any atom is -0.356 e. The first kappa shape index (κ1) is 17.3. The van der Waals surface area contributed by atoms with E-state index in [0.717, 1.165) is 5.56 Å². The Balaban J connectivity index is 1.42. The Morgan fingerprint density at radius 2 is 1.68 bits per heavy atom. The lowest BCUT2D eigenvalue weighted by atomic mass is 9.85. The summed E-state index contributed by atoms with van der Waals surface area (Å²) in [4.78, 5) is 37.8. The summed E-state index contributed by atoms with van der Waals surface area (Å²) >= 11 is 0. The van der Waals surface area contributed by atoms with Crippen LogP contribution in [0.4, 0.5) is 4.39 Å². The molecular formula is C19H21FN2O3. The maximum absolute atomic E-state index is 12.8. The summed E-state index contributed by atoms with van der Waals surface area (Å²) in [7, 11) is 0. The second-order valence-electron chi connectivity index (χ2n) is 6.46. The van der Waals surface area contributed by atoms with E-state index in [9.17, 15) is 18.8 Å². The van der Waals surface area contributed by atoms with Crippen molar-refractivity contribution < 1.29 is 18.8 Å². The van der Waals surface area contributed by atoms with Crippen molar-refractivity contribution in [2.45, 2.75) is 25.7 Å². The largest absolute Gasteiger partial charge is 0.356 e. The number of carbonyl (C=O) groups excluding carboxylic acids is 3. The lowest BCUT2D eigenvalue weighted by Gasteiger charge is -2.14. The second kappa shape index (κ2) is 7.59. The standard InChI is InChI=1S/C19H21FN2O3/c20-14-7-5-13(6-8-14)9-11-21-17(23)10-12-22-18(24)15-3-1-2-4-16(15)19(22)25/h1-2,5-8,15-16H,3-4,9-12H2,(H,21,23)/t15-,16-/m0/s1. The van der Waals surface area contributed by atoms with Gasteiger partial charge in [0.15, 0.2) is 0 Å². The highest BCUT2D eigenvalue weighted by atomic mass is 19.1. The van der Waals surface area contributed by atoms with Crippen LogP contribution < -0.4 is 5.32 Å². The number of benzene rings is 1. The quantitative estimate of drug-likeness (QED) is 0.632. The third kappa shape index (κ3) is 3.95. The number of allylic oxidation sites excluding steroid dienone is 2. The molecule has 0 radical (unpaired) electrons. The fraction of sp³-hybridized carbons (Fsp3) is 0.421. The number of carbonyl (C=O) groups is 3. The highest BCUT2D eigenvalue weighted by Gasteiger charge is 2.46. The normalized spacial score (nSPS) is 22.2. The zero-order valence-corrected chi connectivity index (χ0v) is 13.9. The zero-order chi connectivity index (χ0) is 17.8. The van der Waals surface area contributed by atoms with Crippen molar-refractivity contribution in [3.05, 3.63) is 47.8 Å². The molecule has 3 amide bonds. The Morgan fingerprint density at radius 3 is 2.28 bits per heavy atom. The highest BCUT2D eigenvalue weighted by molar-refractivity contribution is 6.05. The Morgan fingerprint density at radius 1 is 1.08 bits per heavy atom. The number of nitrogens with one attached hydrogen (secondary N) is 1. The highest BCUT2D eigenvalue weighted by Crippen LogP contribution is 2.34. The van der Waals surface area contributed by atoms with Crippen molar-refractivity contribution in [3.8, 4) is 0 Å². The maximum atomic E-state index is 12.8. The van der Waals surface area contributed by atoms with E-state index >= 15 is 0 Å². The molecule has 1 N–H and O–H groups in total. The van der Waals surface area contributed by atoms with Crippen LogP contribution in [-0.4, -0.2) is 35.7 Å². The predicted molar refractivity (Wildman–Crippen MR) is 89.8 cm³/mol. The fourth-order valence-electron chi connectivity index (χ4n) is 3.39. The summed E-state index contributed by atoms with van der Waals surface area (Å²) in [6.45, 7) is 0.564. The number of halogens is 1. The molecule has 3 rings (SSSR count). The molecule has 0 spiro atoms. The number of nitrogens with zero attached hydrogens (tertiary/aromatic N) is 1. The smallest absolute Gasteiger partial charge is 0.233 e. The number of rotatable bonds is 6. The topological polar surface area (TPSA) is 66.5 Å². The lowest BCUT2D eigenvalue weighted by Crippen LogP contribution is -2.35. The second-order valence-corrected chi connectivity index (χ2v) is 6.46. The molecule has 5 nitrogen and oxygen atoms in total. The van der Waals surface area contributed by atoms with Gasteiger partial charge >= 0.3 is 0 Å². The Labute approximate surface area is 145 Å². The molecule has 0 bridgehead atoms. The summed E-state index contributed by atoms with van der Waals surface area (Å²) in [6.07, 6.45) is 5.80. The van der Waals surface area contributed by atoms with E-state index < -0.39 is 0 Å². The molecule has 0 aromatic heterocycles. The molecule has 1 heterocycles. The van der Waals surface area contributed by atoms with Gasteiger partial charge in [0.25, 0.3) is 0 Å². The Hall–Kier alpha value is -2.50. The van der Waals surface area contributed by atoms with Gasteiger partial charge in [-0.3, -0.25) is 19.3 Å². The summed E-state index contributed by atoms with van der Waals surface area (Å²) in [5.41, 5.74) is 0.933. The maximum Gasteiger partial charge on any atom is 0.233 e. The molecule has 0 unspecified atom stereocenters. The van der Waals surface area contributed by atoms with Crippen LogP contribution in [0.5, 0.6) is 0 Å². The van der Waals surface area contributed by atoms with Crippen LogP contribution in [0.15, 0.2) is 36.4 Å². The SMILES string of the molecule is O=C(CCN1C(=O)[C@H]2CC=CC[C@@H]2C1=O)NCCc1ccc(F)cc1. The van der Waals surface area contributed by atoms with E-state index in [1.165, 1.54) is 17.0 Å². The number of amides is 3. The van der Waals surface area contributed by atoms with Gasteiger partial charge in [0.1, 0.15) is 5.82 Å². The average molecular weight is 344 g/mol. The molecule has 1 aliphatic heterocycles. The average Bonchev–Trinajstić information content (AvgIpc) is 2.86. The molecule has 6 heteroatoms. The fourth-order valence-corrected chi connectivity index (χ4v) is 3.39. The van der Waals surface area contributed by atoms with Crippen LogP contribution in [0.25, 0.3) is 0 Å². The molecule has 1 fully saturated rings. The van der Waals surface area contributed by atoms with Crippen LogP contribution in [0, 0.1) is 17.7 Å². The van der Waals surface area contributed by atoms with Gasteiger partial charge in [0, 0.05) is 19.5 Å². The number of hydrogen-bond acceptors (Lipinski definition) is 3. The third-order valence-corrected chi connectivity index (χ3v) is 4.81. The van der Waals surface area contributed by atoms with Crippen molar-refractivity contribution in [3.63, 3.8) is 0 Å². The van der Waals surface area contributed by atoms with Gasteiger partial charge in [-0.2, -0.15) is 0 Å². The van der Waals surface area contributed by atoms with Crippen molar-refractivity contribution in [1.29, 1.82) is 0 Å². The van der Waals surface area contributed by atoms with Gasteiger partial charge in [-0.25, -0.2) is 4.39 Å². The van der Waals surface area contributed by atoms with Crippen LogP contribution >= 0.6 is 0 Å². The molecule has 1 aromatic rings. The van der Waals surface area contributed by atoms with E-state index in [2.05, 4.69) is 5.32 Å². The molecule has 1 aliphatic carbocycles. The lowest BCUT2D eigenvalue weighted by molar-refractivity contribution is -0.140. The number of imide groups is 1. The van der Waals surface area contributed by atoms with Crippen LogP contribution in [-0.2, 0) is 20.8 Å². The molecule has 0 saturated carbocycles. The molecule has 2 aliphatic rings.